The molecule has 0 aromatic heterocycles. The highest BCUT2D eigenvalue weighted by atomic mass is 32.2. The van der Waals surface area contributed by atoms with Crippen LogP contribution in [0.2, 0.25) is 0 Å². The summed E-state index contributed by atoms with van der Waals surface area (Å²) in [5, 5.41) is 2.82. The van der Waals surface area contributed by atoms with Gasteiger partial charge in [0.05, 0.1) is 17.2 Å². The molecule has 2 aliphatic heterocycles. The fourth-order valence-corrected chi connectivity index (χ4v) is 5.56. The number of halogens is 3. The molecule has 0 radical (unpaired) electrons. The van der Waals surface area contributed by atoms with E-state index in [4.69, 9.17) is 0 Å². The summed E-state index contributed by atoms with van der Waals surface area (Å²) in [6.07, 6.45) is -2.21. The Kier molecular flexibility index (Phi) is 6.17. The average molecular weight is 474 g/mol. The Morgan fingerprint density at radius 1 is 1.12 bits per heavy atom. The van der Waals surface area contributed by atoms with Crippen LogP contribution in [0.3, 0.4) is 0 Å². The molecule has 1 atom stereocenters. The van der Waals surface area contributed by atoms with Gasteiger partial charge < -0.3 is 15.1 Å². The first-order valence-electron chi connectivity index (χ1n) is 10.9. The summed E-state index contributed by atoms with van der Waals surface area (Å²) in [5.41, 5.74) is 1.18. The fraction of sp³-hybridized carbons (Fsp3) is 0.591. The predicted molar refractivity (Wildman–Crippen MR) is 122 cm³/mol. The van der Waals surface area contributed by atoms with Gasteiger partial charge in [0.2, 0.25) is 5.91 Å². The maximum atomic E-state index is 13.4. The van der Waals surface area contributed by atoms with E-state index in [-0.39, 0.29) is 32.1 Å². The maximum absolute atomic E-state index is 13.4. The Morgan fingerprint density at radius 3 is 2.44 bits per heavy atom. The van der Waals surface area contributed by atoms with E-state index >= 15 is 0 Å². The minimum absolute atomic E-state index is 0. The van der Waals surface area contributed by atoms with Crippen LogP contribution in [0.1, 0.15) is 37.5 Å². The summed E-state index contributed by atoms with van der Waals surface area (Å²) in [4.78, 5) is 28.7. The van der Waals surface area contributed by atoms with Gasteiger partial charge in [-0.3, -0.25) is 13.8 Å². The number of amides is 2. The Labute approximate surface area is 187 Å². The van der Waals surface area contributed by atoms with Gasteiger partial charge in [0.15, 0.2) is 0 Å². The second-order valence-electron chi connectivity index (χ2n) is 8.99. The van der Waals surface area contributed by atoms with E-state index in [0.717, 1.165) is 12.8 Å². The predicted octanol–water partition coefficient (Wildman–Crippen LogP) is 3.23. The second kappa shape index (κ2) is 8.61. The standard InChI is InChI=1S/C22H28F3N3O3S.H2/c1-32(31)11-9-27(10-12-32)21(30)18-7-6-17(26-20(29)15-4-5-15)13-19(18)28-8-2-3-16(14-28)22(23,24)25;/h6-7,13,15-16H,1-5,8-12,14H2,(H,26,29);1H. The van der Waals surface area contributed by atoms with Crippen LogP contribution in [0, 0.1) is 11.8 Å². The molecule has 4 rings (SSSR count). The van der Waals surface area contributed by atoms with Gasteiger partial charge in [0.25, 0.3) is 5.91 Å². The SMILES string of the molecule is C=S1(=O)CCN(C(=O)c2ccc(NC(=O)C3CC3)cc2N2CCCC(C(F)(F)F)C2)CC1.[HH]. The van der Waals surface area contributed by atoms with Crippen molar-refractivity contribution in [1.29, 1.82) is 0 Å². The maximum Gasteiger partial charge on any atom is 0.393 e. The number of rotatable bonds is 4. The van der Waals surface area contributed by atoms with Crippen molar-refractivity contribution in [1.82, 2.24) is 4.90 Å². The number of anilines is 2. The number of alkyl halides is 3. The zero-order valence-electron chi connectivity index (χ0n) is 17.8. The molecular weight excluding hydrogens is 443 g/mol. The Bertz CT molecular complexity index is 998. The third-order valence-corrected chi connectivity index (χ3v) is 8.28. The molecule has 1 aliphatic carbocycles. The number of benzene rings is 1. The van der Waals surface area contributed by atoms with Crippen LogP contribution in [0.25, 0.3) is 0 Å². The van der Waals surface area contributed by atoms with Gasteiger partial charge in [0, 0.05) is 50.7 Å². The topological polar surface area (TPSA) is 69.7 Å². The number of carbonyl (C=O) groups excluding carboxylic acids is 2. The van der Waals surface area contributed by atoms with E-state index in [2.05, 4.69) is 11.2 Å². The molecule has 1 aromatic rings. The van der Waals surface area contributed by atoms with Crippen molar-refractivity contribution in [2.75, 3.05) is 47.9 Å². The second-order valence-corrected chi connectivity index (χ2v) is 11.7. The smallest absolute Gasteiger partial charge is 0.370 e. The molecule has 32 heavy (non-hydrogen) atoms. The molecule has 3 aliphatic rings. The quantitative estimate of drug-likeness (QED) is 0.682. The first-order valence-corrected chi connectivity index (χ1v) is 13.0. The molecule has 0 spiro atoms. The summed E-state index contributed by atoms with van der Waals surface area (Å²) in [5.74, 6) is 2.44. The number of piperidine rings is 1. The molecule has 1 saturated carbocycles. The molecule has 10 heteroatoms. The summed E-state index contributed by atoms with van der Waals surface area (Å²) < 4.78 is 52.4. The third kappa shape index (κ3) is 5.22. The van der Waals surface area contributed by atoms with E-state index in [0.29, 0.717) is 54.5 Å². The lowest BCUT2D eigenvalue weighted by molar-refractivity contribution is -0.176. The molecule has 1 aromatic carbocycles. The van der Waals surface area contributed by atoms with E-state index in [1.807, 2.05) is 0 Å². The highest BCUT2D eigenvalue weighted by molar-refractivity contribution is 8.00. The van der Waals surface area contributed by atoms with Crippen molar-refractivity contribution in [3.8, 4) is 0 Å². The van der Waals surface area contributed by atoms with Gasteiger partial charge in [-0.1, -0.05) is 0 Å². The van der Waals surface area contributed by atoms with Gasteiger partial charge in [-0.05, 0) is 59.3 Å². The van der Waals surface area contributed by atoms with Gasteiger partial charge in [0.1, 0.15) is 0 Å². The average Bonchev–Trinajstić information content (AvgIpc) is 3.58. The third-order valence-electron chi connectivity index (χ3n) is 6.42. The normalized spacial score (nSPS) is 23.7. The number of hydrogen-bond acceptors (Lipinski definition) is 4. The summed E-state index contributed by atoms with van der Waals surface area (Å²) in [6.45, 7) is 0.772. The Hall–Kier alpha value is -2.23. The van der Waals surface area contributed by atoms with E-state index < -0.39 is 21.6 Å². The van der Waals surface area contributed by atoms with Gasteiger partial charge >= 0.3 is 6.18 Å². The molecule has 2 amide bonds. The first-order chi connectivity index (χ1) is 15.0. The van der Waals surface area contributed by atoms with Crippen LogP contribution in [-0.4, -0.2) is 70.7 Å². The number of hydrogen-bond donors (Lipinski definition) is 1. The van der Waals surface area contributed by atoms with Crippen molar-refractivity contribution < 1.29 is 28.4 Å². The summed E-state index contributed by atoms with van der Waals surface area (Å²) in [7, 11) is -2.18. The van der Waals surface area contributed by atoms with Crippen molar-refractivity contribution in [3.63, 3.8) is 0 Å². The molecule has 6 nitrogen and oxygen atoms in total. The van der Waals surface area contributed by atoms with Crippen LogP contribution in [-0.2, 0) is 14.3 Å². The monoisotopic (exact) mass is 473 g/mol. The van der Waals surface area contributed by atoms with Crippen LogP contribution in [0.15, 0.2) is 18.2 Å². The zero-order chi connectivity index (χ0) is 23.1. The molecular formula is C22H30F3N3O3S. The lowest BCUT2D eigenvalue weighted by Crippen LogP contribution is -2.45. The van der Waals surface area contributed by atoms with Crippen molar-refractivity contribution in [2.45, 2.75) is 31.9 Å². The lowest BCUT2D eigenvalue weighted by Gasteiger charge is -2.37. The zero-order valence-corrected chi connectivity index (χ0v) is 18.6. The van der Waals surface area contributed by atoms with Crippen molar-refractivity contribution in [2.24, 2.45) is 11.8 Å². The van der Waals surface area contributed by atoms with Crippen LogP contribution < -0.4 is 10.2 Å². The fourth-order valence-electron chi connectivity index (χ4n) is 4.25. The van der Waals surface area contributed by atoms with E-state index in [1.54, 1.807) is 28.0 Å². The van der Waals surface area contributed by atoms with E-state index in [9.17, 15) is 27.0 Å². The largest absolute Gasteiger partial charge is 0.393 e. The molecule has 0 bridgehead atoms. The highest BCUT2D eigenvalue weighted by Gasteiger charge is 2.42. The van der Waals surface area contributed by atoms with Crippen LogP contribution in [0.5, 0.6) is 0 Å². The van der Waals surface area contributed by atoms with Gasteiger partial charge in [-0.2, -0.15) is 13.2 Å². The van der Waals surface area contributed by atoms with Gasteiger partial charge in [-0.15, -0.1) is 0 Å². The molecule has 178 valence electrons. The van der Waals surface area contributed by atoms with Crippen molar-refractivity contribution in [3.05, 3.63) is 23.8 Å². The molecule has 1 unspecified atom stereocenters. The van der Waals surface area contributed by atoms with Crippen LogP contribution in [0.4, 0.5) is 24.5 Å². The van der Waals surface area contributed by atoms with Crippen LogP contribution >= 0.6 is 0 Å². The Balaban J connectivity index is 0.00000306. The Morgan fingerprint density at radius 2 is 1.81 bits per heavy atom. The number of nitrogens with zero attached hydrogens (tertiary/aromatic N) is 2. The minimum Gasteiger partial charge on any atom is -0.370 e. The molecule has 1 N–H and O–H groups in total. The van der Waals surface area contributed by atoms with E-state index in [1.165, 1.54) is 0 Å². The molecule has 3 fully saturated rings. The number of nitrogens with one attached hydrogen (secondary N) is 1. The van der Waals surface area contributed by atoms with Gasteiger partial charge in [-0.25, -0.2) is 0 Å². The first kappa shape index (κ1) is 22.9. The number of carbonyl (C=O) groups is 2. The minimum atomic E-state index is -4.30. The summed E-state index contributed by atoms with van der Waals surface area (Å²) >= 11 is 0. The van der Waals surface area contributed by atoms with Crippen molar-refractivity contribution >= 4 is 38.6 Å². The molecule has 2 heterocycles. The molecule has 2 saturated heterocycles. The highest BCUT2D eigenvalue weighted by Crippen LogP contribution is 2.37. The lowest BCUT2D eigenvalue weighted by atomic mass is 9.96. The summed E-state index contributed by atoms with van der Waals surface area (Å²) in [6, 6.07) is 4.81.